The second-order valence-electron chi connectivity index (χ2n) is 5.67. The molecule has 0 heterocycles. The molecule has 1 saturated carbocycles. The zero-order valence-corrected chi connectivity index (χ0v) is 18.4. The molecule has 24 heavy (non-hydrogen) atoms. The lowest BCUT2D eigenvalue weighted by molar-refractivity contribution is 0.0748. The summed E-state index contributed by atoms with van der Waals surface area (Å²) in [5, 5.41) is 7.09. The lowest BCUT2D eigenvalue weighted by Gasteiger charge is -2.30. The number of nitrogens with one attached hydrogen (secondary N) is 2. The first kappa shape index (κ1) is 24.1. The molecule has 3 atom stereocenters. The minimum absolute atomic E-state index is 0. The molecule has 1 aliphatic rings. The van der Waals surface area contributed by atoms with Gasteiger partial charge in [-0.15, -0.1) is 24.0 Å². The number of guanidine groups is 1. The quantitative estimate of drug-likeness (QED) is 0.219. The predicted molar refractivity (Wildman–Crippen MR) is 112 cm³/mol. The molecule has 0 aromatic rings. The summed E-state index contributed by atoms with van der Waals surface area (Å²) >= 11 is 0. The molecule has 0 radical (unpaired) electrons. The van der Waals surface area contributed by atoms with Gasteiger partial charge in [0, 0.05) is 41.5 Å². The van der Waals surface area contributed by atoms with Crippen molar-refractivity contribution in [1.82, 2.24) is 10.6 Å². The Balaban J connectivity index is 0.00000529. The van der Waals surface area contributed by atoms with Crippen LogP contribution in [0.25, 0.3) is 0 Å². The minimum atomic E-state index is -0.695. The van der Waals surface area contributed by atoms with Crippen molar-refractivity contribution in [2.45, 2.75) is 50.8 Å². The van der Waals surface area contributed by atoms with Gasteiger partial charge in [0.1, 0.15) is 0 Å². The van der Waals surface area contributed by atoms with Crippen LogP contribution in [0.1, 0.15) is 39.5 Å². The topological polar surface area (TPSA) is 72.0 Å². The van der Waals surface area contributed by atoms with Gasteiger partial charge in [-0.05, 0) is 26.2 Å². The van der Waals surface area contributed by atoms with E-state index in [1.54, 1.807) is 7.11 Å². The largest absolute Gasteiger partial charge is 0.382 e. The molecule has 0 saturated heterocycles. The Morgan fingerprint density at radius 2 is 2.04 bits per heavy atom. The van der Waals surface area contributed by atoms with E-state index in [0.29, 0.717) is 37.7 Å². The minimum Gasteiger partial charge on any atom is -0.382 e. The molecule has 2 N–H and O–H groups in total. The molecule has 0 aromatic heterocycles. The Labute approximate surface area is 166 Å². The molecule has 6 nitrogen and oxygen atoms in total. The van der Waals surface area contributed by atoms with E-state index < -0.39 is 10.8 Å². The van der Waals surface area contributed by atoms with Gasteiger partial charge in [-0.3, -0.25) is 9.20 Å². The maximum absolute atomic E-state index is 12.0. The van der Waals surface area contributed by atoms with Crippen molar-refractivity contribution >= 4 is 40.7 Å². The summed E-state index contributed by atoms with van der Waals surface area (Å²) in [6, 6.07) is 0.358. The summed E-state index contributed by atoms with van der Waals surface area (Å²) in [6.45, 7) is 7.31. The van der Waals surface area contributed by atoms with E-state index >= 15 is 0 Å². The molecule has 8 heteroatoms. The summed E-state index contributed by atoms with van der Waals surface area (Å²) in [7, 11) is 0.969. The molecule has 0 amide bonds. The second-order valence-corrected chi connectivity index (χ2v) is 7.67. The van der Waals surface area contributed by atoms with Crippen LogP contribution in [0, 0.1) is 0 Å². The van der Waals surface area contributed by atoms with E-state index in [2.05, 4.69) is 22.5 Å². The number of hydrogen-bond acceptors (Lipinski definition) is 4. The molecule has 0 spiro atoms. The van der Waals surface area contributed by atoms with E-state index in [0.717, 1.165) is 43.9 Å². The van der Waals surface area contributed by atoms with Crippen LogP contribution in [0.15, 0.2) is 4.99 Å². The molecular formula is C16H34IN3O3S. The maximum Gasteiger partial charge on any atom is 0.191 e. The van der Waals surface area contributed by atoms with Crippen molar-refractivity contribution in [3.8, 4) is 0 Å². The van der Waals surface area contributed by atoms with Crippen LogP contribution in [-0.4, -0.2) is 67.2 Å². The number of rotatable bonds is 10. The smallest absolute Gasteiger partial charge is 0.191 e. The van der Waals surface area contributed by atoms with Gasteiger partial charge < -0.3 is 20.1 Å². The summed E-state index contributed by atoms with van der Waals surface area (Å²) in [5.41, 5.74) is 0. The second kappa shape index (κ2) is 15.3. The molecule has 3 unspecified atom stereocenters. The van der Waals surface area contributed by atoms with Gasteiger partial charge in [0.25, 0.3) is 0 Å². The molecule has 144 valence electrons. The Bertz CT molecular complexity index is 372. The Hall–Kier alpha value is 0.0700. The molecular weight excluding hydrogens is 441 g/mol. The van der Waals surface area contributed by atoms with Crippen LogP contribution < -0.4 is 10.6 Å². The summed E-state index contributed by atoms with van der Waals surface area (Å²) < 4.78 is 22.4. The number of halogens is 1. The number of hydrogen-bond donors (Lipinski definition) is 2. The van der Waals surface area contributed by atoms with Crippen molar-refractivity contribution < 1.29 is 13.7 Å². The predicted octanol–water partition coefficient (Wildman–Crippen LogP) is 1.90. The average molecular weight is 475 g/mol. The lowest BCUT2D eigenvalue weighted by Crippen LogP contribution is -2.46. The van der Waals surface area contributed by atoms with Gasteiger partial charge in [0.05, 0.1) is 26.4 Å². The van der Waals surface area contributed by atoms with Gasteiger partial charge in [0.2, 0.25) is 0 Å². The Morgan fingerprint density at radius 3 is 2.71 bits per heavy atom. The van der Waals surface area contributed by atoms with Crippen molar-refractivity contribution in [2.24, 2.45) is 4.99 Å². The van der Waals surface area contributed by atoms with Crippen LogP contribution in [0.5, 0.6) is 0 Å². The average Bonchev–Trinajstić information content (AvgIpc) is 2.57. The monoisotopic (exact) mass is 475 g/mol. The fourth-order valence-electron chi connectivity index (χ4n) is 2.73. The van der Waals surface area contributed by atoms with Crippen LogP contribution >= 0.6 is 24.0 Å². The van der Waals surface area contributed by atoms with Gasteiger partial charge in [-0.2, -0.15) is 0 Å². The Morgan fingerprint density at radius 1 is 1.25 bits per heavy atom. The van der Waals surface area contributed by atoms with Gasteiger partial charge in [-0.1, -0.05) is 13.3 Å². The van der Waals surface area contributed by atoms with Gasteiger partial charge in [-0.25, -0.2) is 0 Å². The third-order valence-electron chi connectivity index (χ3n) is 3.90. The highest BCUT2D eigenvalue weighted by atomic mass is 127. The molecule has 1 fully saturated rings. The van der Waals surface area contributed by atoms with Crippen molar-refractivity contribution in [3.05, 3.63) is 0 Å². The first-order valence-electron chi connectivity index (χ1n) is 8.69. The Kier molecular flexibility index (Phi) is 15.4. The number of methoxy groups -OCH3 is 1. The van der Waals surface area contributed by atoms with Crippen LogP contribution in [0.3, 0.4) is 0 Å². The third kappa shape index (κ3) is 10.1. The normalized spacial score (nSPS) is 22.5. The maximum atomic E-state index is 12.0. The van der Waals surface area contributed by atoms with Crippen LogP contribution in [0.4, 0.5) is 0 Å². The van der Waals surface area contributed by atoms with Crippen LogP contribution in [0.2, 0.25) is 0 Å². The highest BCUT2D eigenvalue weighted by molar-refractivity contribution is 14.0. The van der Waals surface area contributed by atoms with E-state index in [1.807, 2.05) is 6.92 Å². The zero-order valence-electron chi connectivity index (χ0n) is 15.2. The number of nitrogens with zero attached hydrogens (tertiary/aromatic N) is 1. The fourth-order valence-corrected chi connectivity index (χ4v) is 4.08. The third-order valence-corrected chi connectivity index (χ3v) is 5.65. The van der Waals surface area contributed by atoms with E-state index in [1.165, 1.54) is 0 Å². The summed E-state index contributed by atoms with van der Waals surface area (Å²) in [4.78, 5) is 4.55. The first-order chi connectivity index (χ1) is 11.2. The highest BCUT2D eigenvalue weighted by Gasteiger charge is 2.25. The van der Waals surface area contributed by atoms with Gasteiger partial charge in [0.15, 0.2) is 5.96 Å². The molecule has 1 aliphatic carbocycles. The van der Waals surface area contributed by atoms with Crippen molar-refractivity contribution in [3.63, 3.8) is 0 Å². The van der Waals surface area contributed by atoms with Crippen molar-refractivity contribution in [1.29, 1.82) is 0 Å². The molecule has 1 rings (SSSR count). The molecule has 0 aromatic carbocycles. The highest BCUT2D eigenvalue weighted by Crippen LogP contribution is 2.22. The zero-order chi connectivity index (χ0) is 16.9. The summed E-state index contributed by atoms with van der Waals surface area (Å²) in [5.74, 6) is 1.58. The summed E-state index contributed by atoms with van der Waals surface area (Å²) in [6.07, 6.45) is 4.30. The number of aliphatic imine (C=N–C) groups is 1. The lowest BCUT2D eigenvalue weighted by atomic mass is 9.95. The molecule has 0 aliphatic heterocycles. The van der Waals surface area contributed by atoms with E-state index in [4.69, 9.17) is 9.47 Å². The molecule has 0 bridgehead atoms. The van der Waals surface area contributed by atoms with E-state index in [-0.39, 0.29) is 24.0 Å². The fraction of sp³-hybridized carbons (Fsp3) is 0.938. The number of ether oxygens (including phenoxy) is 2. The van der Waals surface area contributed by atoms with Gasteiger partial charge >= 0.3 is 0 Å². The SMILES string of the molecule is CCNC(=NCCOCCOC)NC1CCCC(S(=O)CC)C1.I. The first-order valence-corrected chi connectivity index (χ1v) is 10.1. The standard InChI is InChI=1S/C16H33N3O3S.HI/c1-4-17-16(18-9-10-22-12-11-21-3)19-14-7-6-8-15(13-14)23(20)5-2;/h14-15H,4-13H2,1-3H3,(H2,17,18,19);1H. The van der Waals surface area contributed by atoms with Crippen molar-refractivity contribution in [2.75, 3.05) is 45.8 Å². The van der Waals surface area contributed by atoms with Crippen LogP contribution in [-0.2, 0) is 20.3 Å². The van der Waals surface area contributed by atoms with E-state index in [9.17, 15) is 4.21 Å².